The van der Waals surface area contributed by atoms with Crippen LogP contribution in [0.2, 0.25) is 0 Å². The van der Waals surface area contributed by atoms with E-state index in [-0.39, 0.29) is 17.7 Å². The van der Waals surface area contributed by atoms with Gasteiger partial charge in [0, 0.05) is 24.4 Å². The molecule has 2 rings (SSSR count). The molecule has 0 spiro atoms. The van der Waals surface area contributed by atoms with Crippen LogP contribution in [0.4, 0.5) is 4.39 Å². The van der Waals surface area contributed by atoms with Gasteiger partial charge in [-0.25, -0.2) is 14.2 Å². The summed E-state index contributed by atoms with van der Waals surface area (Å²) < 4.78 is 13.5. The monoisotopic (exact) mass is 293 g/mol. The molecular weight excluding hydrogens is 281 g/mol. The molecule has 0 aliphatic carbocycles. The molecule has 0 radical (unpaired) electrons. The van der Waals surface area contributed by atoms with Gasteiger partial charge in [-0.1, -0.05) is 0 Å². The number of nitrogens with zero attached hydrogens (tertiary/aromatic N) is 1. The summed E-state index contributed by atoms with van der Waals surface area (Å²) in [6.07, 6.45) is 2.81. The molecule has 4 N–H and O–H groups in total. The van der Waals surface area contributed by atoms with Crippen molar-refractivity contribution >= 4 is 11.9 Å². The van der Waals surface area contributed by atoms with Gasteiger partial charge in [0.1, 0.15) is 17.6 Å². The van der Waals surface area contributed by atoms with Gasteiger partial charge in [0.05, 0.1) is 11.9 Å². The molecule has 1 amide bonds. The molecule has 1 aromatic heterocycles. The zero-order valence-corrected chi connectivity index (χ0v) is 10.7. The lowest BCUT2D eigenvalue weighted by Crippen LogP contribution is -2.42. The van der Waals surface area contributed by atoms with Crippen LogP contribution in [0.15, 0.2) is 30.7 Å². The smallest absolute Gasteiger partial charge is 0.326 e. The third-order valence-corrected chi connectivity index (χ3v) is 2.78. The number of carbonyl (C=O) groups excluding carboxylic acids is 1. The van der Waals surface area contributed by atoms with Crippen LogP contribution in [0.3, 0.4) is 0 Å². The quantitative estimate of drug-likeness (QED) is 0.647. The highest BCUT2D eigenvalue weighted by Gasteiger charge is 2.23. The highest BCUT2D eigenvalue weighted by Crippen LogP contribution is 2.15. The largest absolute Gasteiger partial charge is 0.508 e. The number of carboxylic acid groups (broad SMARTS) is 1. The zero-order valence-electron chi connectivity index (χ0n) is 10.7. The lowest BCUT2D eigenvalue weighted by atomic mass is 10.1. The first-order chi connectivity index (χ1) is 9.97. The predicted molar refractivity (Wildman–Crippen MR) is 69.2 cm³/mol. The number of aliphatic carboxylic acids is 1. The Bertz CT molecular complexity index is 657. The Morgan fingerprint density at radius 3 is 2.76 bits per heavy atom. The van der Waals surface area contributed by atoms with Crippen LogP contribution in [0.5, 0.6) is 5.75 Å². The highest BCUT2D eigenvalue weighted by molar-refractivity contribution is 5.97. The van der Waals surface area contributed by atoms with Crippen LogP contribution in [0.25, 0.3) is 0 Å². The zero-order chi connectivity index (χ0) is 15.4. The number of aromatic hydroxyl groups is 1. The first kappa shape index (κ1) is 14.5. The molecule has 8 heteroatoms. The molecule has 1 heterocycles. The van der Waals surface area contributed by atoms with E-state index in [0.717, 1.165) is 18.2 Å². The minimum absolute atomic E-state index is 0.0131. The Morgan fingerprint density at radius 1 is 1.43 bits per heavy atom. The van der Waals surface area contributed by atoms with Crippen molar-refractivity contribution in [3.63, 3.8) is 0 Å². The third kappa shape index (κ3) is 3.56. The van der Waals surface area contributed by atoms with Crippen molar-refractivity contribution in [2.75, 3.05) is 0 Å². The molecular formula is C13H12FN3O4. The lowest BCUT2D eigenvalue weighted by Gasteiger charge is -2.14. The number of H-pyrrole nitrogens is 1. The van der Waals surface area contributed by atoms with E-state index in [1.54, 1.807) is 0 Å². The number of phenolic OH excluding ortho intramolecular Hbond substituents is 1. The van der Waals surface area contributed by atoms with Crippen LogP contribution < -0.4 is 5.32 Å². The number of carboxylic acids is 1. The molecule has 110 valence electrons. The molecule has 0 aliphatic heterocycles. The lowest BCUT2D eigenvalue weighted by molar-refractivity contribution is -0.139. The molecule has 21 heavy (non-hydrogen) atoms. The van der Waals surface area contributed by atoms with Crippen molar-refractivity contribution in [1.29, 1.82) is 0 Å². The number of carbonyl (C=O) groups is 2. The first-order valence-corrected chi connectivity index (χ1v) is 5.97. The Kier molecular flexibility index (Phi) is 4.17. The fourth-order valence-corrected chi connectivity index (χ4v) is 1.74. The Labute approximate surface area is 118 Å². The summed E-state index contributed by atoms with van der Waals surface area (Å²) in [7, 11) is 0. The minimum Gasteiger partial charge on any atom is -0.508 e. The molecule has 0 aliphatic rings. The van der Waals surface area contributed by atoms with Gasteiger partial charge in [-0.05, 0) is 12.1 Å². The summed E-state index contributed by atoms with van der Waals surface area (Å²) in [4.78, 5) is 29.5. The molecule has 1 atom stereocenters. The van der Waals surface area contributed by atoms with Gasteiger partial charge in [-0.2, -0.15) is 0 Å². The Balaban J connectivity index is 2.12. The van der Waals surface area contributed by atoms with E-state index in [9.17, 15) is 14.0 Å². The summed E-state index contributed by atoms with van der Waals surface area (Å²) in [6, 6.07) is 1.77. The van der Waals surface area contributed by atoms with Gasteiger partial charge >= 0.3 is 5.97 Å². The van der Waals surface area contributed by atoms with Crippen molar-refractivity contribution in [2.24, 2.45) is 0 Å². The second-order valence-electron chi connectivity index (χ2n) is 4.31. The summed E-state index contributed by atoms with van der Waals surface area (Å²) in [6.45, 7) is 0. The number of hydrogen-bond acceptors (Lipinski definition) is 4. The van der Waals surface area contributed by atoms with Crippen molar-refractivity contribution in [3.05, 3.63) is 47.8 Å². The second kappa shape index (κ2) is 6.04. The Morgan fingerprint density at radius 2 is 2.19 bits per heavy atom. The van der Waals surface area contributed by atoms with Crippen LogP contribution in [0.1, 0.15) is 16.1 Å². The van der Waals surface area contributed by atoms with E-state index in [2.05, 4.69) is 15.3 Å². The number of aromatic nitrogens is 2. The number of benzene rings is 1. The standard InChI is InChI=1S/C13H12FN3O4/c14-10-4-8(18)1-2-9(10)12(19)17-11(13(20)21)3-7-5-15-6-16-7/h1-2,4-6,11,18H,3H2,(H,15,16)(H,17,19)(H,20,21). The van der Waals surface area contributed by atoms with E-state index in [4.69, 9.17) is 10.2 Å². The number of imidazole rings is 1. The summed E-state index contributed by atoms with van der Waals surface area (Å²) in [5.74, 6) is -3.38. The number of aromatic amines is 1. The fraction of sp³-hybridized carbons (Fsp3) is 0.154. The molecule has 1 unspecified atom stereocenters. The molecule has 7 nitrogen and oxygen atoms in total. The fourth-order valence-electron chi connectivity index (χ4n) is 1.74. The number of amides is 1. The number of hydrogen-bond donors (Lipinski definition) is 4. The topological polar surface area (TPSA) is 115 Å². The first-order valence-electron chi connectivity index (χ1n) is 5.97. The maximum absolute atomic E-state index is 13.5. The second-order valence-corrected chi connectivity index (χ2v) is 4.31. The minimum atomic E-state index is -1.25. The molecule has 0 saturated carbocycles. The molecule has 2 aromatic rings. The van der Waals surface area contributed by atoms with Crippen molar-refractivity contribution in [2.45, 2.75) is 12.5 Å². The number of rotatable bonds is 5. The van der Waals surface area contributed by atoms with Crippen molar-refractivity contribution in [3.8, 4) is 5.75 Å². The molecule has 0 bridgehead atoms. The average Bonchev–Trinajstić information content (AvgIpc) is 2.90. The van der Waals surface area contributed by atoms with Gasteiger partial charge in [0.25, 0.3) is 5.91 Å². The van der Waals surface area contributed by atoms with E-state index in [1.165, 1.54) is 12.5 Å². The van der Waals surface area contributed by atoms with E-state index in [1.807, 2.05) is 0 Å². The highest BCUT2D eigenvalue weighted by atomic mass is 19.1. The van der Waals surface area contributed by atoms with Crippen molar-refractivity contribution < 1.29 is 24.2 Å². The molecule has 1 aromatic carbocycles. The number of phenols is 1. The van der Waals surface area contributed by atoms with Crippen LogP contribution in [-0.4, -0.2) is 38.1 Å². The van der Waals surface area contributed by atoms with Gasteiger partial charge in [0.15, 0.2) is 0 Å². The van der Waals surface area contributed by atoms with E-state index >= 15 is 0 Å². The number of halogens is 1. The van der Waals surface area contributed by atoms with Crippen molar-refractivity contribution in [1.82, 2.24) is 15.3 Å². The van der Waals surface area contributed by atoms with Crippen LogP contribution in [0, 0.1) is 5.82 Å². The van der Waals surface area contributed by atoms with Gasteiger partial charge in [0.2, 0.25) is 0 Å². The summed E-state index contributed by atoms with van der Waals surface area (Å²) in [5.41, 5.74) is 0.178. The summed E-state index contributed by atoms with van der Waals surface area (Å²) in [5, 5.41) is 20.4. The SMILES string of the molecule is O=C(NC(Cc1cnc[nH]1)C(=O)O)c1ccc(O)cc1F. The third-order valence-electron chi connectivity index (χ3n) is 2.78. The normalized spacial score (nSPS) is 11.9. The van der Waals surface area contributed by atoms with Crippen LogP contribution >= 0.6 is 0 Å². The van der Waals surface area contributed by atoms with Crippen LogP contribution in [-0.2, 0) is 11.2 Å². The predicted octanol–water partition coefficient (Wildman–Crippen LogP) is 0.680. The van der Waals surface area contributed by atoms with Gasteiger partial charge in [-0.3, -0.25) is 4.79 Å². The van der Waals surface area contributed by atoms with E-state index < -0.39 is 23.7 Å². The summed E-state index contributed by atoms with van der Waals surface area (Å²) >= 11 is 0. The number of nitrogens with one attached hydrogen (secondary N) is 2. The van der Waals surface area contributed by atoms with Gasteiger partial charge < -0.3 is 20.5 Å². The maximum Gasteiger partial charge on any atom is 0.326 e. The molecule has 0 fully saturated rings. The van der Waals surface area contributed by atoms with Gasteiger partial charge in [-0.15, -0.1) is 0 Å². The molecule has 0 saturated heterocycles. The average molecular weight is 293 g/mol. The maximum atomic E-state index is 13.5. The Hall–Kier alpha value is -2.90. The van der Waals surface area contributed by atoms with E-state index in [0.29, 0.717) is 5.69 Å².